The topological polar surface area (TPSA) is 84.5 Å². The molecule has 3 aromatic carbocycles. The maximum atomic E-state index is 12.9. The molecular weight excluding hydrogens is 388 g/mol. The number of anilines is 1. The number of urea groups is 1. The van der Waals surface area contributed by atoms with E-state index in [1.807, 2.05) is 31.2 Å². The van der Waals surface area contributed by atoms with Crippen LogP contribution in [0.4, 0.5) is 10.5 Å². The first-order valence-corrected chi connectivity index (χ1v) is 10.6. The van der Waals surface area contributed by atoms with Crippen molar-refractivity contribution < 1.29 is 17.9 Å². The standard InChI is InChI=1S/C22H22N2O4S/c1-2-28-16-17-10-6-7-13-19(17)20-14-8-9-15-21(20)29(26,27)24-22(25)23-18-11-4-3-5-12-18/h3-15H,2,16H2,1H3,(H2,23,24,25). The van der Waals surface area contributed by atoms with Crippen LogP contribution in [-0.2, 0) is 21.4 Å². The highest BCUT2D eigenvalue weighted by Gasteiger charge is 2.22. The molecule has 0 bridgehead atoms. The molecule has 0 aliphatic rings. The van der Waals surface area contributed by atoms with Crippen molar-refractivity contribution in [2.24, 2.45) is 0 Å². The van der Waals surface area contributed by atoms with Crippen molar-refractivity contribution in [3.63, 3.8) is 0 Å². The molecule has 0 unspecified atom stereocenters. The summed E-state index contributed by atoms with van der Waals surface area (Å²) in [4.78, 5) is 12.3. The summed E-state index contributed by atoms with van der Waals surface area (Å²) < 4.78 is 33.5. The molecule has 150 valence electrons. The van der Waals surface area contributed by atoms with Gasteiger partial charge in [-0.15, -0.1) is 0 Å². The average molecular weight is 410 g/mol. The third-order valence-electron chi connectivity index (χ3n) is 4.20. The zero-order valence-electron chi connectivity index (χ0n) is 16.0. The van der Waals surface area contributed by atoms with Crippen LogP contribution in [0.5, 0.6) is 0 Å². The minimum absolute atomic E-state index is 0.0205. The van der Waals surface area contributed by atoms with Crippen LogP contribution in [0.25, 0.3) is 11.1 Å². The Balaban J connectivity index is 1.91. The molecule has 0 fully saturated rings. The Morgan fingerprint density at radius 1 is 0.862 bits per heavy atom. The van der Waals surface area contributed by atoms with Gasteiger partial charge in [0.1, 0.15) is 0 Å². The molecule has 2 amide bonds. The zero-order valence-corrected chi connectivity index (χ0v) is 16.8. The predicted octanol–water partition coefficient (Wildman–Crippen LogP) is 4.40. The van der Waals surface area contributed by atoms with E-state index < -0.39 is 16.1 Å². The normalized spacial score (nSPS) is 11.1. The molecule has 0 atom stereocenters. The molecule has 2 N–H and O–H groups in total. The maximum absolute atomic E-state index is 12.9. The van der Waals surface area contributed by atoms with Gasteiger partial charge in [-0.1, -0.05) is 60.7 Å². The zero-order chi connectivity index (χ0) is 20.7. The quantitative estimate of drug-likeness (QED) is 0.605. The van der Waals surface area contributed by atoms with E-state index >= 15 is 0 Å². The fourth-order valence-corrected chi connectivity index (χ4v) is 4.03. The summed E-state index contributed by atoms with van der Waals surface area (Å²) in [6.07, 6.45) is 0. The van der Waals surface area contributed by atoms with Crippen LogP contribution in [0.15, 0.2) is 83.8 Å². The van der Waals surface area contributed by atoms with Crippen LogP contribution < -0.4 is 10.0 Å². The van der Waals surface area contributed by atoms with E-state index in [1.54, 1.807) is 48.5 Å². The molecule has 6 nitrogen and oxygen atoms in total. The van der Waals surface area contributed by atoms with Crippen LogP contribution >= 0.6 is 0 Å². The Bertz CT molecular complexity index is 1080. The summed E-state index contributed by atoms with van der Waals surface area (Å²) in [7, 11) is -4.10. The van der Waals surface area contributed by atoms with Crippen molar-refractivity contribution in [3.8, 4) is 11.1 Å². The molecule has 0 aliphatic heterocycles. The number of carbonyl (C=O) groups is 1. The summed E-state index contributed by atoms with van der Waals surface area (Å²) in [5.41, 5.74) is 2.61. The second-order valence-corrected chi connectivity index (χ2v) is 7.87. The SMILES string of the molecule is CCOCc1ccccc1-c1ccccc1S(=O)(=O)NC(=O)Nc1ccccc1. The van der Waals surface area contributed by atoms with Gasteiger partial charge < -0.3 is 10.1 Å². The highest BCUT2D eigenvalue weighted by atomic mass is 32.2. The summed E-state index contributed by atoms with van der Waals surface area (Å²) >= 11 is 0. The van der Waals surface area contributed by atoms with E-state index in [2.05, 4.69) is 10.0 Å². The molecule has 3 rings (SSSR count). The minimum atomic E-state index is -4.10. The van der Waals surface area contributed by atoms with Crippen LogP contribution in [0, 0.1) is 0 Å². The summed E-state index contributed by atoms with van der Waals surface area (Å²) in [6, 6.07) is 21.8. The lowest BCUT2D eigenvalue weighted by molar-refractivity contribution is 0.134. The van der Waals surface area contributed by atoms with Crippen molar-refractivity contribution in [3.05, 3.63) is 84.4 Å². The number of nitrogens with one attached hydrogen (secondary N) is 2. The van der Waals surface area contributed by atoms with Crippen molar-refractivity contribution in [1.29, 1.82) is 0 Å². The second kappa shape index (κ2) is 9.36. The number of ether oxygens (including phenoxy) is 1. The molecule has 0 saturated carbocycles. The predicted molar refractivity (Wildman–Crippen MR) is 113 cm³/mol. The van der Waals surface area contributed by atoms with E-state index in [9.17, 15) is 13.2 Å². The van der Waals surface area contributed by atoms with E-state index in [4.69, 9.17) is 4.74 Å². The fourth-order valence-electron chi connectivity index (χ4n) is 2.90. The van der Waals surface area contributed by atoms with Gasteiger partial charge in [-0.2, -0.15) is 0 Å². The van der Waals surface area contributed by atoms with Crippen molar-refractivity contribution in [1.82, 2.24) is 4.72 Å². The van der Waals surface area contributed by atoms with Gasteiger partial charge in [-0.3, -0.25) is 0 Å². The molecule has 29 heavy (non-hydrogen) atoms. The monoisotopic (exact) mass is 410 g/mol. The lowest BCUT2D eigenvalue weighted by Crippen LogP contribution is -2.34. The highest BCUT2D eigenvalue weighted by molar-refractivity contribution is 7.90. The van der Waals surface area contributed by atoms with E-state index in [0.717, 1.165) is 11.1 Å². The molecule has 7 heteroatoms. The maximum Gasteiger partial charge on any atom is 0.333 e. The van der Waals surface area contributed by atoms with Gasteiger partial charge in [0.05, 0.1) is 11.5 Å². The molecule has 0 spiro atoms. The second-order valence-electron chi connectivity index (χ2n) is 6.22. The Morgan fingerprint density at radius 3 is 2.21 bits per heavy atom. The van der Waals surface area contributed by atoms with Gasteiger partial charge in [0, 0.05) is 17.9 Å². The van der Waals surface area contributed by atoms with E-state index in [1.165, 1.54) is 6.07 Å². The number of carbonyl (C=O) groups excluding carboxylic acids is 1. The number of hydrogen-bond donors (Lipinski definition) is 2. The Morgan fingerprint density at radius 2 is 1.48 bits per heavy atom. The third-order valence-corrected chi connectivity index (χ3v) is 5.59. The number of hydrogen-bond acceptors (Lipinski definition) is 4. The fraction of sp³-hybridized carbons (Fsp3) is 0.136. The first-order chi connectivity index (χ1) is 14.0. The van der Waals surface area contributed by atoms with E-state index in [0.29, 0.717) is 24.5 Å². The van der Waals surface area contributed by atoms with Gasteiger partial charge in [0.25, 0.3) is 10.0 Å². The molecule has 3 aromatic rings. The van der Waals surface area contributed by atoms with Crippen LogP contribution in [0.1, 0.15) is 12.5 Å². The number of para-hydroxylation sites is 1. The molecular formula is C22H22N2O4S. The van der Waals surface area contributed by atoms with Gasteiger partial charge in [0.15, 0.2) is 0 Å². The van der Waals surface area contributed by atoms with E-state index in [-0.39, 0.29) is 4.90 Å². The Hall–Kier alpha value is -3.16. The van der Waals surface area contributed by atoms with Crippen LogP contribution in [0.3, 0.4) is 0 Å². The van der Waals surface area contributed by atoms with Gasteiger partial charge >= 0.3 is 6.03 Å². The van der Waals surface area contributed by atoms with Gasteiger partial charge in [-0.05, 0) is 36.2 Å². The van der Waals surface area contributed by atoms with Crippen molar-refractivity contribution in [2.45, 2.75) is 18.4 Å². The first kappa shape index (κ1) is 20.6. The Labute approximate surface area is 170 Å². The van der Waals surface area contributed by atoms with Crippen molar-refractivity contribution >= 4 is 21.7 Å². The number of benzene rings is 3. The largest absolute Gasteiger partial charge is 0.377 e. The first-order valence-electron chi connectivity index (χ1n) is 9.15. The molecule has 0 heterocycles. The number of rotatable bonds is 7. The van der Waals surface area contributed by atoms with Gasteiger partial charge in [-0.25, -0.2) is 17.9 Å². The minimum Gasteiger partial charge on any atom is -0.377 e. The van der Waals surface area contributed by atoms with Crippen molar-refractivity contribution in [2.75, 3.05) is 11.9 Å². The van der Waals surface area contributed by atoms with Crippen LogP contribution in [-0.4, -0.2) is 21.1 Å². The number of sulfonamides is 1. The summed E-state index contributed by atoms with van der Waals surface area (Å²) in [5, 5.41) is 2.52. The molecule has 0 aromatic heterocycles. The third kappa shape index (κ3) is 5.22. The summed E-state index contributed by atoms with van der Waals surface area (Å²) in [6.45, 7) is 2.81. The van der Waals surface area contributed by atoms with Crippen LogP contribution in [0.2, 0.25) is 0 Å². The average Bonchev–Trinajstić information content (AvgIpc) is 2.73. The molecule has 0 radical (unpaired) electrons. The lowest BCUT2D eigenvalue weighted by Gasteiger charge is -2.15. The molecule has 0 saturated heterocycles. The Kier molecular flexibility index (Phi) is 6.64. The van der Waals surface area contributed by atoms with Gasteiger partial charge in [0.2, 0.25) is 0 Å². The smallest absolute Gasteiger partial charge is 0.333 e. The summed E-state index contributed by atoms with van der Waals surface area (Å²) in [5.74, 6) is 0. The highest BCUT2D eigenvalue weighted by Crippen LogP contribution is 2.30. The molecule has 0 aliphatic carbocycles. The number of amides is 2. The lowest BCUT2D eigenvalue weighted by atomic mass is 10.0.